The molecule has 0 fully saturated rings. The normalized spacial score (nSPS) is 10.3. The van der Waals surface area contributed by atoms with Gasteiger partial charge in [-0.05, 0) is 41.5 Å². The molecular weight excluding hydrogens is 325 g/mol. The second-order valence-electron chi connectivity index (χ2n) is 4.92. The zero-order chi connectivity index (χ0) is 18.1. The number of halogens is 1. The fourth-order valence-electron chi connectivity index (χ4n) is 1.96. The van der Waals surface area contributed by atoms with Gasteiger partial charge in [-0.3, -0.25) is 0 Å². The molecule has 0 bridgehead atoms. The van der Waals surface area contributed by atoms with Crippen molar-refractivity contribution in [2.75, 3.05) is 13.7 Å². The van der Waals surface area contributed by atoms with E-state index < -0.39 is 5.97 Å². The number of hydrogen-bond donors (Lipinski definition) is 0. The van der Waals surface area contributed by atoms with Gasteiger partial charge in [0.05, 0.1) is 7.11 Å². The molecule has 0 amide bonds. The molecule has 2 rings (SSSR count). The second-order valence-corrected chi connectivity index (χ2v) is 4.92. The van der Waals surface area contributed by atoms with Crippen LogP contribution in [0.2, 0.25) is 0 Å². The highest BCUT2D eigenvalue weighted by molar-refractivity contribution is 5.87. The largest absolute Gasteiger partial charge is 0.493 e. The molecule has 2 aromatic rings. The maximum Gasteiger partial charge on any atom is 0.331 e. The average molecular weight is 341 g/mol. The Bertz CT molecular complexity index is 794. The molecule has 0 atom stereocenters. The third kappa shape index (κ3) is 5.66. The van der Waals surface area contributed by atoms with Gasteiger partial charge < -0.3 is 14.2 Å². The van der Waals surface area contributed by atoms with E-state index in [2.05, 4.69) is 0 Å². The Morgan fingerprint density at radius 2 is 1.96 bits per heavy atom. The predicted molar refractivity (Wildman–Crippen MR) is 89.3 cm³/mol. The lowest BCUT2D eigenvalue weighted by molar-refractivity contribution is -0.138. The van der Waals surface area contributed by atoms with Crippen molar-refractivity contribution in [1.82, 2.24) is 0 Å². The number of methoxy groups -OCH3 is 1. The van der Waals surface area contributed by atoms with Crippen molar-refractivity contribution in [3.63, 3.8) is 0 Å². The number of carbonyl (C=O) groups is 1. The molecule has 0 heterocycles. The number of benzene rings is 2. The molecule has 0 saturated heterocycles. The molecule has 2 aromatic carbocycles. The Morgan fingerprint density at radius 1 is 1.20 bits per heavy atom. The highest BCUT2D eigenvalue weighted by Crippen LogP contribution is 2.28. The first kappa shape index (κ1) is 18.0. The zero-order valence-corrected chi connectivity index (χ0v) is 13.6. The third-order valence-electron chi connectivity index (χ3n) is 3.19. The van der Waals surface area contributed by atoms with Gasteiger partial charge in [0, 0.05) is 6.08 Å². The van der Waals surface area contributed by atoms with Crippen molar-refractivity contribution >= 4 is 12.0 Å². The van der Waals surface area contributed by atoms with E-state index in [9.17, 15) is 9.18 Å². The van der Waals surface area contributed by atoms with Crippen LogP contribution in [0.5, 0.6) is 11.5 Å². The maximum atomic E-state index is 12.8. The van der Waals surface area contributed by atoms with Crippen LogP contribution >= 0.6 is 0 Å². The fraction of sp³-hybridized carbons (Fsp3) is 0.158. The van der Waals surface area contributed by atoms with E-state index in [1.54, 1.807) is 36.4 Å². The van der Waals surface area contributed by atoms with Crippen LogP contribution in [0.15, 0.2) is 48.5 Å². The monoisotopic (exact) mass is 341 g/mol. The van der Waals surface area contributed by atoms with E-state index >= 15 is 0 Å². The van der Waals surface area contributed by atoms with Gasteiger partial charge in [-0.1, -0.05) is 18.2 Å². The Hall–Kier alpha value is -3.33. The molecule has 0 aliphatic rings. The zero-order valence-electron chi connectivity index (χ0n) is 13.6. The third-order valence-corrected chi connectivity index (χ3v) is 3.19. The SMILES string of the molecule is COc1cc(/C=C/C(=O)OCc2ccc(F)cc2)ccc1OCC#N. The Kier molecular flexibility index (Phi) is 6.55. The molecule has 0 aliphatic heterocycles. The number of carbonyl (C=O) groups excluding carboxylic acids is 1. The van der Waals surface area contributed by atoms with Crippen LogP contribution in [-0.4, -0.2) is 19.7 Å². The summed E-state index contributed by atoms with van der Waals surface area (Å²) in [4.78, 5) is 11.7. The highest BCUT2D eigenvalue weighted by atomic mass is 19.1. The van der Waals surface area contributed by atoms with Crippen molar-refractivity contribution < 1.29 is 23.4 Å². The standard InChI is InChI=1S/C19H16FNO4/c1-23-18-12-14(4-8-17(18)24-11-10-21)5-9-19(22)25-13-15-2-6-16(20)7-3-15/h2-9,12H,11,13H2,1H3/b9-5+. The van der Waals surface area contributed by atoms with E-state index in [-0.39, 0.29) is 19.0 Å². The molecule has 0 radical (unpaired) electrons. The molecular formula is C19H16FNO4. The summed E-state index contributed by atoms with van der Waals surface area (Å²) in [5.41, 5.74) is 1.41. The molecule has 0 unspecified atom stereocenters. The summed E-state index contributed by atoms with van der Waals surface area (Å²) >= 11 is 0. The van der Waals surface area contributed by atoms with Crippen LogP contribution in [0.3, 0.4) is 0 Å². The van der Waals surface area contributed by atoms with Gasteiger partial charge in [-0.2, -0.15) is 5.26 Å². The summed E-state index contributed by atoms with van der Waals surface area (Å²) in [6.45, 7) is -0.0189. The van der Waals surface area contributed by atoms with Gasteiger partial charge in [0.1, 0.15) is 18.5 Å². The van der Waals surface area contributed by atoms with Crippen LogP contribution in [0, 0.1) is 17.1 Å². The number of nitrogens with zero attached hydrogens (tertiary/aromatic N) is 1. The minimum atomic E-state index is -0.520. The first-order valence-corrected chi connectivity index (χ1v) is 7.39. The molecule has 0 aliphatic carbocycles. The summed E-state index contributed by atoms with van der Waals surface area (Å²) in [5, 5.41) is 8.54. The summed E-state index contributed by atoms with van der Waals surface area (Å²) in [6, 6.07) is 12.6. The molecule has 0 saturated carbocycles. The van der Waals surface area contributed by atoms with Crippen LogP contribution < -0.4 is 9.47 Å². The van der Waals surface area contributed by atoms with Gasteiger partial charge in [0.2, 0.25) is 0 Å². The fourth-order valence-corrected chi connectivity index (χ4v) is 1.96. The van der Waals surface area contributed by atoms with Crippen LogP contribution in [-0.2, 0) is 16.1 Å². The van der Waals surface area contributed by atoms with E-state index in [1.807, 2.05) is 6.07 Å². The highest BCUT2D eigenvalue weighted by Gasteiger charge is 2.05. The molecule has 5 nitrogen and oxygen atoms in total. The number of ether oxygens (including phenoxy) is 3. The summed E-state index contributed by atoms with van der Waals surface area (Å²) < 4.78 is 28.3. The first-order valence-electron chi connectivity index (χ1n) is 7.39. The van der Waals surface area contributed by atoms with Gasteiger partial charge in [0.25, 0.3) is 0 Å². The van der Waals surface area contributed by atoms with Crippen molar-refractivity contribution in [1.29, 1.82) is 5.26 Å². The predicted octanol–water partition coefficient (Wildman–Crippen LogP) is 3.49. The number of nitriles is 1. The lowest BCUT2D eigenvalue weighted by Crippen LogP contribution is -2.00. The van der Waals surface area contributed by atoms with E-state index in [1.165, 1.54) is 25.3 Å². The van der Waals surface area contributed by atoms with Crippen molar-refractivity contribution in [2.45, 2.75) is 6.61 Å². The molecule has 6 heteroatoms. The minimum absolute atomic E-state index is 0.0632. The quantitative estimate of drug-likeness (QED) is 0.569. The average Bonchev–Trinajstić information content (AvgIpc) is 2.64. The lowest BCUT2D eigenvalue weighted by Gasteiger charge is -2.08. The molecule has 0 N–H and O–H groups in total. The van der Waals surface area contributed by atoms with Crippen molar-refractivity contribution in [2.24, 2.45) is 0 Å². The van der Waals surface area contributed by atoms with E-state index in [0.29, 0.717) is 22.6 Å². The topological polar surface area (TPSA) is 68.6 Å². The Morgan fingerprint density at radius 3 is 2.64 bits per heavy atom. The molecule has 128 valence electrons. The molecule has 0 spiro atoms. The number of esters is 1. The van der Waals surface area contributed by atoms with Crippen LogP contribution in [0.25, 0.3) is 6.08 Å². The summed E-state index contributed by atoms with van der Waals surface area (Å²) in [6.07, 6.45) is 2.86. The van der Waals surface area contributed by atoms with Crippen molar-refractivity contribution in [3.8, 4) is 17.6 Å². The van der Waals surface area contributed by atoms with Crippen molar-refractivity contribution in [3.05, 3.63) is 65.5 Å². The second kappa shape index (κ2) is 9.08. The lowest BCUT2D eigenvalue weighted by atomic mass is 10.2. The number of hydrogen-bond acceptors (Lipinski definition) is 5. The molecule has 25 heavy (non-hydrogen) atoms. The van der Waals surface area contributed by atoms with Crippen LogP contribution in [0.1, 0.15) is 11.1 Å². The summed E-state index contributed by atoms with van der Waals surface area (Å²) in [7, 11) is 1.49. The minimum Gasteiger partial charge on any atom is -0.493 e. The van der Waals surface area contributed by atoms with Gasteiger partial charge >= 0.3 is 5.97 Å². The molecule has 0 aromatic heterocycles. The van der Waals surface area contributed by atoms with E-state index in [0.717, 1.165) is 0 Å². The Labute approximate surface area is 144 Å². The maximum absolute atomic E-state index is 12.8. The smallest absolute Gasteiger partial charge is 0.331 e. The van der Waals surface area contributed by atoms with E-state index in [4.69, 9.17) is 19.5 Å². The van der Waals surface area contributed by atoms with Crippen LogP contribution in [0.4, 0.5) is 4.39 Å². The number of rotatable bonds is 7. The summed E-state index contributed by atoms with van der Waals surface area (Å²) in [5.74, 6) is 0.0383. The Balaban J connectivity index is 1.94. The van der Waals surface area contributed by atoms with Gasteiger partial charge in [-0.15, -0.1) is 0 Å². The van der Waals surface area contributed by atoms with Gasteiger partial charge in [0.15, 0.2) is 18.1 Å². The van der Waals surface area contributed by atoms with Gasteiger partial charge in [-0.25, -0.2) is 9.18 Å². The first-order chi connectivity index (χ1) is 12.1.